The van der Waals surface area contributed by atoms with Crippen molar-refractivity contribution in [1.82, 2.24) is 20.2 Å². The molecule has 6 heteroatoms. The van der Waals surface area contributed by atoms with Crippen molar-refractivity contribution in [1.29, 1.82) is 0 Å². The van der Waals surface area contributed by atoms with Crippen LogP contribution in [0.5, 0.6) is 0 Å². The molecular formula is C20H23N5O. The number of aromatic nitrogens is 2. The topological polar surface area (TPSA) is 73.1 Å². The standard InChI is InChI=1S/C20H23N5O/c1-25-11-8-17(9-12-25)23-20(26)22-16-6-4-14(5-7-16)18-13-15-3-2-10-21-19(15)24-18/h2-7,10,13,17H,8-9,11-12H2,1H3,(H,21,24)(H2,22,23,26). The van der Waals surface area contributed by atoms with Gasteiger partial charge in [-0.05, 0) is 68.9 Å². The van der Waals surface area contributed by atoms with Crippen LogP contribution in [0.3, 0.4) is 0 Å². The third-order valence-electron chi connectivity index (χ3n) is 4.90. The van der Waals surface area contributed by atoms with Crippen molar-refractivity contribution < 1.29 is 4.79 Å². The molecule has 0 spiro atoms. The largest absolute Gasteiger partial charge is 0.339 e. The number of urea groups is 1. The highest BCUT2D eigenvalue weighted by Gasteiger charge is 2.18. The molecule has 2 aromatic heterocycles. The maximum atomic E-state index is 12.2. The van der Waals surface area contributed by atoms with Gasteiger partial charge in [0.1, 0.15) is 5.65 Å². The number of carbonyl (C=O) groups excluding carboxylic acids is 1. The number of rotatable bonds is 3. The fourth-order valence-electron chi connectivity index (χ4n) is 3.35. The number of hydrogen-bond donors (Lipinski definition) is 3. The van der Waals surface area contributed by atoms with Gasteiger partial charge >= 0.3 is 6.03 Å². The van der Waals surface area contributed by atoms with Gasteiger partial charge in [0.05, 0.1) is 0 Å². The Kier molecular flexibility index (Phi) is 4.58. The van der Waals surface area contributed by atoms with E-state index >= 15 is 0 Å². The summed E-state index contributed by atoms with van der Waals surface area (Å²) in [6.45, 7) is 2.05. The number of nitrogens with one attached hydrogen (secondary N) is 3. The number of nitrogens with zero attached hydrogens (tertiary/aromatic N) is 2. The Balaban J connectivity index is 1.38. The summed E-state index contributed by atoms with van der Waals surface area (Å²) in [5.74, 6) is 0. The summed E-state index contributed by atoms with van der Waals surface area (Å²) >= 11 is 0. The molecule has 1 aliphatic rings. The van der Waals surface area contributed by atoms with Gasteiger partial charge in [-0.1, -0.05) is 12.1 Å². The fourth-order valence-corrected chi connectivity index (χ4v) is 3.35. The van der Waals surface area contributed by atoms with Gasteiger partial charge in [-0.3, -0.25) is 0 Å². The van der Waals surface area contributed by atoms with Crippen molar-refractivity contribution in [2.75, 3.05) is 25.5 Å². The summed E-state index contributed by atoms with van der Waals surface area (Å²) < 4.78 is 0. The van der Waals surface area contributed by atoms with Crippen LogP contribution < -0.4 is 10.6 Å². The van der Waals surface area contributed by atoms with E-state index in [9.17, 15) is 4.79 Å². The first kappa shape index (κ1) is 16.6. The molecule has 0 unspecified atom stereocenters. The second-order valence-corrected chi connectivity index (χ2v) is 6.88. The molecule has 2 amide bonds. The number of anilines is 1. The summed E-state index contributed by atoms with van der Waals surface area (Å²) in [7, 11) is 2.11. The zero-order valence-corrected chi connectivity index (χ0v) is 14.8. The highest BCUT2D eigenvalue weighted by atomic mass is 16.2. The SMILES string of the molecule is CN1CCC(NC(=O)Nc2ccc(-c3cc4cccnc4[nH]3)cc2)CC1. The van der Waals surface area contributed by atoms with E-state index in [1.54, 1.807) is 6.20 Å². The lowest BCUT2D eigenvalue weighted by molar-refractivity contribution is 0.221. The van der Waals surface area contributed by atoms with Crippen molar-refractivity contribution in [2.24, 2.45) is 0 Å². The smallest absolute Gasteiger partial charge is 0.319 e. The molecule has 0 aliphatic carbocycles. The Morgan fingerprint density at radius 1 is 1.19 bits per heavy atom. The van der Waals surface area contributed by atoms with E-state index in [0.29, 0.717) is 0 Å². The van der Waals surface area contributed by atoms with E-state index in [1.807, 2.05) is 36.4 Å². The number of H-pyrrole nitrogens is 1. The molecule has 0 bridgehead atoms. The molecule has 4 rings (SSSR count). The second-order valence-electron chi connectivity index (χ2n) is 6.88. The number of carbonyl (C=O) groups is 1. The molecule has 6 nitrogen and oxygen atoms in total. The Bertz CT molecular complexity index is 861. The van der Waals surface area contributed by atoms with Gasteiger partial charge in [-0.15, -0.1) is 0 Å². The Morgan fingerprint density at radius 2 is 1.96 bits per heavy atom. The van der Waals surface area contributed by atoms with Gasteiger partial charge in [0, 0.05) is 29.0 Å². The molecule has 1 aliphatic heterocycles. The Labute approximate surface area is 152 Å². The normalized spacial score (nSPS) is 15.9. The van der Waals surface area contributed by atoms with Crippen LogP contribution >= 0.6 is 0 Å². The number of amides is 2. The number of piperidine rings is 1. The number of benzene rings is 1. The lowest BCUT2D eigenvalue weighted by Gasteiger charge is -2.29. The lowest BCUT2D eigenvalue weighted by atomic mass is 10.1. The molecule has 0 radical (unpaired) electrons. The number of likely N-dealkylation sites (tertiary alicyclic amines) is 1. The van der Waals surface area contributed by atoms with Crippen molar-refractivity contribution in [3.63, 3.8) is 0 Å². The first-order chi connectivity index (χ1) is 12.7. The number of pyridine rings is 1. The Morgan fingerprint density at radius 3 is 2.69 bits per heavy atom. The van der Waals surface area contributed by atoms with Crippen LogP contribution in [0, 0.1) is 0 Å². The van der Waals surface area contributed by atoms with E-state index in [1.165, 1.54) is 0 Å². The van der Waals surface area contributed by atoms with Crippen molar-refractivity contribution >= 4 is 22.8 Å². The minimum Gasteiger partial charge on any atom is -0.339 e. The van der Waals surface area contributed by atoms with Gasteiger partial charge in [-0.2, -0.15) is 0 Å². The molecule has 1 aromatic carbocycles. The first-order valence-corrected chi connectivity index (χ1v) is 8.97. The van der Waals surface area contributed by atoms with Crippen LogP contribution in [-0.2, 0) is 0 Å². The summed E-state index contributed by atoms with van der Waals surface area (Å²) in [5, 5.41) is 7.07. The van der Waals surface area contributed by atoms with E-state index in [0.717, 1.165) is 53.9 Å². The molecule has 3 heterocycles. The molecule has 3 aromatic rings. The minimum atomic E-state index is -0.137. The van der Waals surface area contributed by atoms with Crippen LogP contribution in [0.15, 0.2) is 48.7 Å². The van der Waals surface area contributed by atoms with Crippen LogP contribution in [0.1, 0.15) is 12.8 Å². The third-order valence-corrected chi connectivity index (χ3v) is 4.90. The monoisotopic (exact) mass is 349 g/mol. The second kappa shape index (κ2) is 7.17. The van der Waals surface area contributed by atoms with E-state index in [-0.39, 0.29) is 12.1 Å². The lowest BCUT2D eigenvalue weighted by Crippen LogP contribution is -2.44. The molecule has 0 saturated carbocycles. The molecular weight excluding hydrogens is 326 g/mol. The summed E-state index contributed by atoms with van der Waals surface area (Å²) in [6, 6.07) is 14.0. The fraction of sp³-hybridized carbons (Fsp3) is 0.300. The van der Waals surface area contributed by atoms with E-state index in [4.69, 9.17) is 0 Å². The number of fused-ring (bicyclic) bond motifs is 1. The zero-order chi connectivity index (χ0) is 17.9. The molecule has 1 saturated heterocycles. The zero-order valence-electron chi connectivity index (χ0n) is 14.8. The first-order valence-electron chi connectivity index (χ1n) is 8.97. The van der Waals surface area contributed by atoms with Crippen molar-refractivity contribution in [3.8, 4) is 11.3 Å². The maximum Gasteiger partial charge on any atom is 0.319 e. The quantitative estimate of drug-likeness (QED) is 0.678. The highest BCUT2D eigenvalue weighted by molar-refractivity contribution is 5.90. The van der Waals surface area contributed by atoms with Gasteiger partial charge in [-0.25, -0.2) is 9.78 Å². The molecule has 134 valence electrons. The summed E-state index contributed by atoms with van der Waals surface area (Å²) in [5.41, 5.74) is 3.74. The van der Waals surface area contributed by atoms with Gasteiger partial charge in [0.2, 0.25) is 0 Å². The van der Waals surface area contributed by atoms with Crippen LogP contribution in [0.25, 0.3) is 22.3 Å². The number of aromatic amines is 1. The van der Waals surface area contributed by atoms with Crippen LogP contribution in [0.4, 0.5) is 10.5 Å². The van der Waals surface area contributed by atoms with Gasteiger partial charge in [0.15, 0.2) is 0 Å². The molecule has 26 heavy (non-hydrogen) atoms. The van der Waals surface area contributed by atoms with Gasteiger partial charge in [0.25, 0.3) is 0 Å². The molecule has 1 fully saturated rings. The average Bonchev–Trinajstić information content (AvgIpc) is 3.08. The average molecular weight is 349 g/mol. The molecule has 3 N–H and O–H groups in total. The van der Waals surface area contributed by atoms with Gasteiger partial charge < -0.3 is 20.5 Å². The van der Waals surface area contributed by atoms with E-state index in [2.05, 4.69) is 38.6 Å². The number of hydrogen-bond acceptors (Lipinski definition) is 3. The predicted octanol–water partition coefficient (Wildman–Crippen LogP) is 3.45. The Hall–Kier alpha value is -2.86. The minimum absolute atomic E-state index is 0.137. The summed E-state index contributed by atoms with van der Waals surface area (Å²) in [4.78, 5) is 22.1. The van der Waals surface area contributed by atoms with Crippen molar-refractivity contribution in [2.45, 2.75) is 18.9 Å². The highest BCUT2D eigenvalue weighted by Crippen LogP contribution is 2.24. The summed E-state index contributed by atoms with van der Waals surface area (Å²) in [6.07, 6.45) is 3.77. The van der Waals surface area contributed by atoms with Crippen LogP contribution in [-0.4, -0.2) is 47.1 Å². The predicted molar refractivity (Wildman–Crippen MR) is 104 cm³/mol. The third kappa shape index (κ3) is 3.70. The van der Waals surface area contributed by atoms with Crippen LogP contribution in [0.2, 0.25) is 0 Å². The molecule has 0 atom stereocenters. The van der Waals surface area contributed by atoms with Crippen molar-refractivity contribution in [3.05, 3.63) is 48.7 Å². The maximum absolute atomic E-state index is 12.2. The van der Waals surface area contributed by atoms with E-state index < -0.39 is 0 Å².